The van der Waals surface area contributed by atoms with Crippen LogP contribution in [0.25, 0.3) is 0 Å². The molecule has 0 radical (unpaired) electrons. The van der Waals surface area contributed by atoms with Crippen molar-refractivity contribution in [3.8, 4) is 11.5 Å². The Hall–Kier alpha value is -3.34. The lowest BCUT2D eigenvalue weighted by Crippen LogP contribution is -2.31. The normalized spacial score (nSPS) is 12.5. The first kappa shape index (κ1) is 27.3. The van der Waals surface area contributed by atoms with E-state index in [9.17, 15) is 14.7 Å². The predicted molar refractivity (Wildman–Crippen MR) is 142 cm³/mol. The Labute approximate surface area is 225 Å². The molecule has 3 rings (SSSR count). The summed E-state index contributed by atoms with van der Waals surface area (Å²) in [6, 6.07) is 20.8. The zero-order chi connectivity index (χ0) is 25.9. The van der Waals surface area contributed by atoms with Crippen LogP contribution < -0.4 is 15.5 Å². The number of anilines is 1. The number of benzene rings is 3. The van der Waals surface area contributed by atoms with Gasteiger partial charge in [-0.15, -0.1) is 0 Å². The quantitative estimate of drug-likeness (QED) is 0.117. The highest BCUT2D eigenvalue weighted by atomic mass is 79.9. The van der Waals surface area contributed by atoms with E-state index in [1.807, 2.05) is 18.2 Å². The van der Waals surface area contributed by atoms with Crippen molar-refractivity contribution in [3.63, 3.8) is 0 Å². The zero-order valence-electron chi connectivity index (χ0n) is 18.9. The highest BCUT2D eigenvalue weighted by molar-refractivity contribution is 9.10. The largest absolute Gasteiger partial charge is 0.508 e. The number of ether oxygens (including phenoxy) is 2. The molecule has 0 aliphatic rings. The summed E-state index contributed by atoms with van der Waals surface area (Å²) in [5, 5.41) is 22.0. The number of nitrogens with one attached hydrogen (secondary N) is 2. The van der Waals surface area contributed by atoms with Crippen molar-refractivity contribution in [2.45, 2.75) is 25.0 Å². The van der Waals surface area contributed by atoms with Crippen molar-refractivity contribution in [1.82, 2.24) is 5.48 Å². The molecule has 0 aromatic heterocycles. The molecular formula is C26H24Br2N2O6. The first-order valence-corrected chi connectivity index (χ1v) is 12.5. The van der Waals surface area contributed by atoms with Gasteiger partial charge >= 0.3 is 6.09 Å². The van der Waals surface area contributed by atoms with Crippen LogP contribution in [0.2, 0.25) is 0 Å². The third kappa shape index (κ3) is 8.40. The number of hydrogen-bond donors (Lipinski definition) is 4. The van der Waals surface area contributed by atoms with Gasteiger partial charge in [-0.1, -0.05) is 56.1 Å². The number of aromatic hydroxyl groups is 1. The smallest absolute Gasteiger partial charge is 0.412 e. The van der Waals surface area contributed by atoms with Gasteiger partial charge in [-0.25, -0.2) is 10.3 Å². The van der Waals surface area contributed by atoms with Gasteiger partial charge in [0, 0.05) is 26.3 Å². The van der Waals surface area contributed by atoms with Gasteiger partial charge in [0.2, 0.25) is 0 Å². The molecule has 8 nitrogen and oxygen atoms in total. The zero-order valence-corrected chi connectivity index (χ0v) is 22.1. The minimum absolute atomic E-state index is 0.0727. The molecule has 3 aromatic carbocycles. The molecule has 0 saturated heterocycles. The molecule has 0 unspecified atom stereocenters. The molecule has 4 N–H and O–H groups in total. The van der Waals surface area contributed by atoms with Gasteiger partial charge in [0.15, 0.2) is 6.10 Å². The Bertz CT molecular complexity index is 1190. The van der Waals surface area contributed by atoms with Crippen LogP contribution in [-0.4, -0.2) is 28.4 Å². The summed E-state index contributed by atoms with van der Waals surface area (Å²) >= 11 is 6.76. The number of allylic oxidation sites excluding steroid dienone is 1. The van der Waals surface area contributed by atoms with E-state index < -0.39 is 24.2 Å². The van der Waals surface area contributed by atoms with Crippen LogP contribution in [-0.2, 0) is 9.53 Å². The van der Waals surface area contributed by atoms with E-state index in [4.69, 9.17) is 14.7 Å². The van der Waals surface area contributed by atoms with Gasteiger partial charge in [0.25, 0.3) is 5.91 Å². The van der Waals surface area contributed by atoms with E-state index in [1.54, 1.807) is 54.6 Å². The van der Waals surface area contributed by atoms with Gasteiger partial charge in [-0.05, 0) is 67.4 Å². The topological polar surface area (TPSA) is 117 Å². The number of amides is 2. The molecule has 2 amide bonds. The molecule has 0 spiro atoms. The predicted octanol–water partition coefficient (Wildman–Crippen LogP) is 6.50. The second-order valence-corrected chi connectivity index (χ2v) is 9.42. The fraction of sp³-hybridized carbons (Fsp3) is 0.154. The minimum Gasteiger partial charge on any atom is -0.508 e. The lowest BCUT2D eigenvalue weighted by molar-refractivity contribution is -0.124. The Balaban J connectivity index is 1.91. The van der Waals surface area contributed by atoms with E-state index in [-0.39, 0.29) is 5.75 Å². The van der Waals surface area contributed by atoms with E-state index in [0.717, 1.165) is 4.47 Å². The molecule has 2 atom stereocenters. The van der Waals surface area contributed by atoms with Crippen LogP contribution in [0.15, 0.2) is 93.9 Å². The summed E-state index contributed by atoms with van der Waals surface area (Å²) in [6.45, 7) is 0. The van der Waals surface area contributed by atoms with Crippen LogP contribution >= 0.6 is 31.9 Å². The molecule has 0 fully saturated rings. The highest BCUT2D eigenvalue weighted by Crippen LogP contribution is 2.35. The molecule has 0 aliphatic heterocycles. The van der Waals surface area contributed by atoms with Crippen molar-refractivity contribution in [3.05, 3.63) is 99.5 Å². The summed E-state index contributed by atoms with van der Waals surface area (Å²) in [6.07, 6.45) is 0.917. The molecule has 0 bridgehead atoms. The number of para-hydroxylation sites is 1. The minimum atomic E-state index is -1.02. The van der Waals surface area contributed by atoms with Crippen molar-refractivity contribution in [2.75, 3.05) is 5.32 Å². The van der Waals surface area contributed by atoms with E-state index in [1.165, 1.54) is 17.6 Å². The number of halogens is 2. The summed E-state index contributed by atoms with van der Waals surface area (Å²) in [5.41, 5.74) is 2.40. The Morgan fingerprint density at radius 2 is 1.67 bits per heavy atom. The molecule has 0 saturated carbocycles. The number of carbonyl (C=O) groups excluding carboxylic acids is 2. The maximum atomic E-state index is 12.9. The van der Waals surface area contributed by atoms with Crippen molar-refractivity contribution < 1.29 is 29.4 Å². The van der Waals surface area contributed by atoms with E-state index in [2.05, 4.69) is 37.2 Å². The standard InChI is InChI=1S/C26H24Br2N2O6/c27-17-10-13-19(14-11-17)29-26(33)36-25(21-16-18(28)12-15-22(21)31)23(8-4-5-9-24(32)30-34)35-20-6-2-1-3-7-20/h1-3,5-7,9-16,23,25,31,34H,4,8H2,(H,29,33)(H,30,32)/b9-5+/t23-,25-/m0/s1. The molecule has 188 valence electrons. The number of phenolic OH excluding ortho intramolecular Hbond substituents is 1. The average molecular weight is 620 g/mol. The van der Waals surface area contributed by atoms with Crippen molar-refractivity contribution in [2.24, 2.45) is 0 Å². The fourth-order valence-electron chi connectivity index (χ4n) is 3.32. The van der Waals surface area contributed by atoms with Gasteiger partial charge in [0.1, 0.15) is 17.6 Å². The van der Waals surface area contributed by atoms with Crippen LogP contribution in [0.3, 0.4) is 0 Å². The third-order valence-electron chi connectivity index (χ3n) is 4.99. The van der Waals surface area contributed by atoms with Gasteiger partial charge < -0.3 is 14.6 Å². The molecule has 0 aliphatic carbocycles. The number of phenols is 1. The fourth-order valence-corrected chi connectivity index (χ4v) is 3.97. The summed E-state index contributed by atoms with van der Waals surface area (Å²) in [7, 11) is 0. The molecule has 3 aromatic rings. The molecule has 0 heterocycles. The van der Waals surface area contributed by atoms with E-state index in [0.29, 0.717) is 34.3 Å². The Kier molecular flexibility index (Phi) is 10.3. The SMILES string of the molecule is O=C(/C=C/CC[C@H](Oc1ccccc1)[C@@H](OC(=O)Nc1ccc(Br)cc1)c1cc(Br)ccc1O)NO. The monoisotopic (exact) mass is 618 g/mol. The third-order valence-corrected chi connectivity index (χ3v) is 6.01. The molecule has 36 heavy (non-hydrogen) atoms. The summed E-state index contributed by atoms with van der Waals surface area (Å²) in [4.78, 5) is 24.2. The highest BCUT2D eigenvalue weighted by Gasteiger charge is 2.31. The number of rotatable bonds is 10. The Morgan fingerprint density at radius 3 is 2.36 bits per heavy atom. The second-order valence-electron chi connectivity index (χ2n) is 7.59. The first-order valence-electron chi connectivity index (χ1n) is 10.9. The molecule has 10 heteroatoms. The average Bonchev–Trinajstić information content (AvgIpc) is 2.88. The lowest BCUT2D eigenvalue weighted by atomic mass is 9.99. The van der Waals surface area contributed by atoms with Crippen LogP contribution in [0, 0.1) is 0 Å². The molecular weight excluding hydrogens is 596 g/mol. The first-order chi connectivity index (χ1) is 17.4. The maximum absolute atomic E-state index is 12.9. The summed E-state index contributed by atoms with van der Waals surface area (Å²) < 4.78 is 13.6. The van der Waals surface area contributed by atoms with Gasteiger partial charge in [0.05, 0.1) is 0 Å². The van der Waals surface area contributed by atoms with Crippen molar-refractivity contribution in [1.29, 1.82) is 0 Å². The van der Waals surface area contributed by atoms with Crippen LogP contribution in [0.5, 0.6) is 11.5 Å². The Morgan fingerprint density at radius 1 is 0.972 bits per heavy atom. The lowest BCUT2D eigenvalue weighted by Gasteiger charge is -2.28. The second kappa shape index (κ2) is 13.7. The number of hydroxylamine groups is 1. The maximum Gasteiger partial charge on any atom is 0.412 e. The van der Waals surface area contributed by atoms with Crippen molar-refractivity contribution >= 4 is 49.5 Å². The van der Waals surface area contributed by atoms with Crippen LogP contribution in [0.4, 0.5) is 10.5 Å². The van der Waals surface area contributed by atoms with Crippen LogP contribution in [0.1, 0.15) is 24.5 Å². The van der Waals surface area contributed by atoms with Gasteiger partial charge in [-0.3, -0.25) is 15.3 Å². The van der Waals surface area contributed by atoms with E-state index >= 15 is 0 Å². The number of hydrogen-bond acceptors (Lipinski definition) is 6. The summed E-state index contributed by atoms with van der Waals surface area (Å²) in [5.74, 6) is -0.200. The number of carbonyl (C=O) groups is 2. The van der Waals surface area contributed by atoms with Gasteiger partial charge in [-0.2, -0.15) is 0 Å².